The predicted octanol–water partition coefficient (Wildman–Crippen LogP) is 0.630. The maximum Gasteiger partial charge on any atom is 0.237 e. The van der Waals surface area contributed by atoms with E-state index in [1.807, 2.05) is 0 Å². The zero-order chi connectivity index (χ0) is 20.0. The molecule has 9 heteroatoms. The van der Waals surface area contributed by atoms with Gasteiger partial charge in [0.2, 0.25) is 15.9 Å². The fraction of sp³-hybridized carbons (Fsp3) is 0.611. The number of sulfonamides is 1. The van der Waals surface area contributed by atoms with Crippen molar-refractivity contribution in [3.8, 4) is 11.5 Å². The van der Waals surface area contributed by atoms with Crippen LogP contribution in [0, 0.1) is 0 Å². The van der Waals surface area contributed by atoms with Crippen molar-refractivity contribution in [3.63, 3.8) is 0 Å². The van der Waals surface area contributed by atoms with Crippen molar-refractivity contribution in [2.45, 2.75) is 13.5 Å². The van der Waals surface area contributed by atoms with Gasteiger partial charge in [-0.15, -0.1) is 0 Å². The quantitative estimate of drug-likeness (QED) is 0.638. The van der Waals surface area contributed by atoms with Gasteiger partial charge in [-0.25, -0.2) is 8.42 Å². The Morgan fingerprint density at radius 1 is 1.11 bits per heavy atom. The van der Waals surface area contributed by atoms with Crippen molar-refractivity contribution in [2.75, 3.05) is 59.7 Å². The highest BCUT2D eigenvalue weighted by Crippen LogP contribution is 2.28. The third-order valence-electron chi connectivity index (χ3n) is 4.76. The van der Waals surface area contributed by atoms with E-state index in [1.165, 1.54) is 18.5 Å². The van der Waals surface area contributed by atoms with E-state index in [0.29, 0.717) is 24.6 Å². The van der Waals surface area contributed by atoms with Crippen LogP contribution in [0.4, 0.5) is 0 Å². The van der Waals surface area contributed by atoms with Crippen molar-refractivity contribution in [1.82, 2.24) is 14.1 Å². The summed E-state index contributed by atoms with van der Waals surface area (Å²) in [6, 6.07) is 5.21. The Labute approximate surface area is 161 Å². The highest BCUT2D eigenvalue weighted by molar-refractivity contribution is 7.88. The minimum absolute atomic E-state index is 0.0971. The van der Waals surface area contributed by atoms with Gasteiger partial charge in [-0.1, -0.05) is 13.0 Å². The van der Waals surface area contributed by atoms with Gasteiger partial charge in [0.1, 0.15) is 0 Å². The first-order chi connectivity index (χ1) is 12.8. The first-order valence-electron chi connectivity index (χ1n) is 8.94. The maximum atomic E-state index is 12.6. The molecule has 0 aromatic heterocycles. The molecule has 1 aromatic rings. The summed E-state index contributed by atoms with van der Waals surface area (Å²) in [5.41, 5.74) is 0.724. The number of carbonyl (C=O) groups is 1. The lowest BCUT2D eigenvalue weighted by Crippen LogP contribution is -2.51. The SMILES string of the molecule is CCN1CCN(C(=O)CN(Cc2ccc(OC)c(OC)c2)S(C)(=O)=O)CC1. The molecule has 1 fully saturated rings. The molecule has 1 heterocycles. The Morgan fingerprint density at radius 3 is 2.26 bits per heavy atom. The lowest BCUT2D eigenvalue weighted by atomic mass is 10.2. The van der Waals surface area contributed by atoms with E-state index in [4.69, 9.17) is 9.47 Å². The second kappa shape index (κ2) is 9.38. The molecule has 8 nitrogen and oxygen atoms in total. The van der Waals surface area contributed by atoms with Crippen molar-refractivity contribution < 1.29 is 22.7 Å². The summed E-state index contributed by atoms with van der Waals surface area (Å²) in [5, 5.41) is 0. The van der Waals surface area contributed by atoms with Crippen molar-refractivity contribution in [2.24, 2.45) is 0 Å². The molecule has 1 amide bonds. The van der Waals surface area contributed by atoms with Crippen LogP contribution < -0.4 is 9.47 Å². The minimum atomic E-state index is -3.54. The van der Waals surface area contributed by atoms with Crippen LogP contribution in [-0.2, 0) is 21.4 Å². The zero-order valence-corrected chi connectivity index (χ0v) is 17.3. The highest BCUT2D eigenvalue weighted by atomic mass is 32.2. The summed E-state index contributed by atoms with van der Waals surface area (Å²) in [6.45, 7) is 5.86. The third kappa shape index (κ3) is 5.82. The molecule has 152 valence electrons. The number of hydrogen-bond acceptors (Lipinski definition) is 6. The molecule has 0 saturated carbocycles. The van der Waals surface area contributed by atoms with Gasteiger partial charge in [0.25, 0.3) is 0 Å². The van der Waals surface area contributed by atoms with E-state index >= 15 is 0 Å². The number of benzene rings is 1. The fourth-order valence-electron chi connectivity index (χ4n) is 3.04. The smallest absolute Gasteiger partial charge is 0.237 e. The normalized spacial score (nSPS) is 15.8. The third-order valence-corrected chi connectivity index (χ3v) is 5.96. The summed E-state index contributed by atoms with van der Waals surface area (Å²) in [4.78, 5) is 16.6. The lowest BCUT2D eigenvalue weighted by Gasteiger charge is -2.35. The van der Waals surface area contributed by atoms with Gasteiger partial charge in [-0.3, -0.25) is 4.79 Å². The average molecular weight is 400 g/mol. The van der Waals surface area contributed by atoms with E-state index in [1.54, 1.807) is 23.1 Å². The molecular formula is C18H29N3O5S. The molecule has 0 unspecified atom stereocenters. The molecule has 0 radical (unpaired) electrons. The largest absolute Gasteiger partial charge is 0.493 e. The second-order valence-corrected chi connectivity index (χ2v) is 8.52. The molecule has 27 heavy (non-hydrogen) atoms. The van der Waals surface area contributed by atoms with Crippen LogP contribution in [0.1, 0.15) is 12.5 Å². The van der Waals surface area contributed by atoms with E-state index in [9.17, 15) is 13.2 Å². The topological polar surface area (TPSA) is 79.4 Å². The van der Waals surface area contributed by atoms with Crippen LogP contribution in [0.15, 0.2) is 18.2 Å². The van der Waals surface area contributed by atoms with Gasteiger partial charge >= 0.3 is 0 Å². The van der Waals surface area contributed by atoms with E-state index in [2.05, 4.69) is 11.8 Å². The monoisotopic (exact) mass is 399 g/mol. The van der Waals surface area contributed by atoms with Gasteiger partial charge in [-0.05, 0) is 24.2 Å². The van der Waals surface area contributed by atoms with Gasteiger partial charge in [-0.2, -0.15) is 4.31 Å². The summed E-state index contributed by atoms with van der Waals surface area (Å²) in [6.07, 6.45) is 1.12. The number of likely N-dealkylation sites (N-methyl/N-ethyl adjacent to an activating group) is 1. The predicted molar refractivity (Wildman–Crippen MR) is 103 cm³/mol. The molecule has 0 spiro atoms. The Bertz CT molecular complexity index is 745. The number of hydrogen-bond donors (Lipinski definition) is 0. The number of carbonyl (C=O) groups excluding carboxylic acids is 1. The van der Waals surface area contributed by atoms with Crippen molar-refractivity contribution in [3.05, 3.63) is 23.8 Å². The number of piperazine rings is 1. The standard InChI is InChI=1S/C18H29N3O5S/c1-5-19-8-10-20(11-9-19)18(22)14-21(27(4,23)24)13-15-6-7-16(25-2)17(12-15)26-3/h6-7,12H,5,8-11,13-14H2,1-4H3. The molecule has 1 saturated heterocycles. The number of ether oxygens (including phenoxy) is 2. The maximum absolute atomic E-state index is 12.6. The Morgan fingerprint density at radius 2 is 1.74 bits per heavy atom. The van der Waals surface area contributed by atoms with E-state index in [-0.39, 0.29) is 19.0 Å². The van der Waals surface area contributed by atoms with Crippen LogP contribution in [-0.4, -0.2) is 88.2 Å². The van der Waals surface area contributed by atoms with Crippen LogP contribution in [0.5, 0.6) is 11.5 Å². The summed E-state index contributed by atoms with van der Waals surface area (Å²) in [7, 11) is -0.482. The van der Waals surface area contributed by atoms with Gasteiger partial charge in [0, 0.05) is 32.7 Å². The molecule has 0 N–H and O–H groups in total. The van der Waals surface area contributed by atoms with Crippen LogP contribution in [0.25, 0.3) is 0 Å². The van der Waals surface area contributed by atoms with Gasteiger partial charge in [0.15, 0.2) is 11.5 Å². The Kier molecular flexibility index (Phi) is 7.46. The second-order valence-electron chi connectivity index (χ2n) is 6.54. The average Bonchev–Trinajstić information content (AvgIpc) is 2.66. The zero-order valence-electron chi connectivity index (χ0n) is 16.5. The number of nitrogens with zero attached hydrogens (tertiary/aromatic N) is 3. The molecule has 0 bridgehead atoms. The van der Waals surface area contributed by atoms with Crippen LogP contribution in [0.2, 0.25) is 0 Å². The molecular weight excluding hydrogens is 370 g/mol. The summed E-state index contributed by atoms with van der Waals surface area (Å²) in [5.74, 6) is 0.916. The number of rotatable bonds is 8. The van der Waals surface area contributed by atoms with Crippen LogP contribution in [0.3, 0.4) is 0 Å². The molecule has 0 aliphatic carbocycles. The summed E-state index contributed by atoms with van der Waals surface area (Å²) >= 11 is 0. The highest BCUT2D eigenvalue weighted by Gasteiger charge is 2.26. The molecule has 1 aliphatic rings. The van der Waals surface area contributed by atoms with E-state index in [0.717, 1.165) is 31.5 Å². The summed E-state index contributed by atoms with van der Waals surface area (Å²) < 4.78 is 36.1. The van der Waals surface area contributed by atoms with Crippen molar-refractivity contribution in [1.29, 1.82) is 0 Å². The van der Waals surface area contributed by atoms with Crippen LogP contribution >= 0.6 is 0 Å². The van der Waals surface area contributed by atoms with Gasteiger partial charge < -0.3 is 19.3 Å². The molecule has 0 atom stereocenters. The first kappa shape index (κ1) is 21.5. The van der Waals surface area contributed by atoms with Gasteiger partial charge in [0.05, 0.1) is 27.0 Å². The minimum Gasteiger partial charge on any atom is -0.493 e. The Hall–Kier alpha value is -1.84. The Balaban J connectivity index is 2.09. The number of amides is 1. The molecule has 2 rings (SSSR count). The lowest BCUT2D eigenvalue weighted by molar-refractivity contribution is -0.133. The fourth-order valence-corrected chi connectivity index (χ4v) is 3.77. The molecule has 1 aliphatic heterocycles. The number of methoxy groups -OCH3 is 2. The van der Waals surface area contributed by atoms with E-state index < -0.39 is 10.0 Å². The first-order valence-corrected chi connectivity index (χ1v) is 10.8. The van der Waals surface area contributed by atoms with Crippen molar-refractivity contribution >= 4 is 15.9 Å². The molecule has 1 aromatic carbocycles.